The first-order valence-corrected chi connectivity index (χ1v) is 4.00. The van der Waals surface area contributed by atoms with E-state index in [1.165, 1.54) is 11.4 Å². The lowest BCUT2D eigenvalue weighted by Gasteiger charge is -1.86. The number of hydrogen-bond donors (Lipinski definition) is 2. The van der Waals surface area contributed by atoms with Crippen LogP contribution in [0, 0.1) is 0 Å². The lowest BCUT2D eigenvalue weighted by Crippen LogP contribution is -1.98. The van der Waals surface area contributed by atoms with Crippen molar-refractivity contribution in [2.24, 2.45) is 0 Å². The van der Waals surface area contributed by atoms with Gasteiger partial charge in [-0.1, -0.05) is 0 Å². The van der Waals surface area contributed by atoms with Crippen LogP contribution < -0.4 is 0 Å². The standard InChI is InChI=1S/C7H6O4S/c8-6(9)2-5-1-4(3-12-5)7(10)11/h1,3H,2H2,(H,8,9)(H,10,11). The zero-order valence-electron chi connectivity index (χ0n) is 5.98. The summed E-state index contributed by atoms with van der Waals surface area (Å²) in [4.78, 5) is 21.1. The number of carbonyl (C=O) groups is 2. The molecule has 0 aliphatic carbocycles. The molecular weight excluding hydrogens is 180 g/mol. The van der Waals surface area contributed by atoms with Gasteiger partial charge in [0.1, 0.15) is 0 Å². The summed E-state index contributed by atoms with van der Waals surface area (Å²) in [6, 6.07) is 1.38. The van der Waals surface area contributed by atoms with Gasteiger partial charge in [-0.2, -0.15) is 0 Å². The van der Waals surface area contributed by atoms with Gasteiger partial charge in [-0.05, 0) is 6.07 Å². The first-order chi connectivity index (χ1) is 5.59. The monoisotopic (exact) mass is 186 g/mol. The highest BCUT2D eigenvalue weighted by molar-refractivity contribution is 7.10. The summed E-state index contributed by atoms with van der Waals surface area (Å²) in [6.45, 7) is 0. The average Bonchev–Trinajstić information content (AvgIpc) is 2.34. The highest BCUT2D eigenvalue weighted by Gasteiger charge is 2.08. The zero-order chi connectivity index (χ0) is 9.14. The first kappa shape index (κ1) is 8.73. The Morgan fingerprint density at radius 2 is 2.08 bits per heavy atom. The van der Waals surface area contributed by atoms with Crippen LogP contribution in [0.1, 0.15) is 15.2 Å². The number of carboxylic acids is 2. The minimum atomic E-state index is -1.03. The Kier molecular flexibility index (Phi) is 2.44. The number of aliphatic carboxylic acids is 1. The third-order valence-corrected chi connectivity index (χ3v) is 2.16. The third-order valence-electron chi connectivity index (χ3n) is 1.23. The molecule has 0 bridgehead atoms. The summed E-state index contributed by atoms with van der Waals surface area (Å²) in [6.07, 6.45) is -0.113. The van der Waals surface area contributed by atoms with Crippen molar-refractivity contribution in [3.8, 4) is 0 Å². The van der Waals surface area contributed by atoms with Crippen LogP contribution in [0.15, 0.2) is 11.4 Å². The molecule has 0 spiro atoms. The van der Waals surface area contributed by atoms with Crippen molar-refractivity contribution in [2.75, 3.05) is 0 Å². The fourth-order valence-electron chi connectivity index (χ4n) is 0.735. The quantitative estimate of drug-likeness (QED) is 0.740. The van der Waals surface area contributed by atoms with E-state index in [2.05, 4.69) is 0 Å². The molecule has 0 radical (unpaired) electrons. The molecule has 0 saturated heterocycles. The summed E-state index contributed by atoms with van der Waals surface area (Å²) in [5.41, 5.74) is 0.149. The third kappa shape index (κ3) is 2.06. The van der Waals surface area contributed by atoms with Gasteiger partial charge in [-0.15, -0.1) is 11.3 Å². The Balaban J connectivity index is 2.77. The van der Waals surface area contributed by atoms with Gasteiger partial charge in [-0.25, -0.2) is 4.79 Å². The maximum Gasteiger partial charge on any atom is 0.336 e. The zero-order valence-corrected chi connectivity index (χ0v) is 6.80. The van der Waals surface area contributed by atoms with Crippen molar-refractivity contribution in [2.45, 2.75) is 6.42 Å². The van der Waals surface area contributed by atoms with E-state index < -0.39 is 11.9 Å². The minimum Gasteiger partial charge on any atom is -0.481 e. The molecule has 0 unspecified atom stereocenters. The van der Waals surface area contributed by atoms with Crippen LogP contribution in [-0.2, 0) is 11.2 Å². The Morgan fingerprint density at radius 1 is 1.42 bits per heavy atom. The normalized spacial score (nSPS) is 9.67. The lowest BCUT2D eigenvalue weighted by molar-refractivity contribution is -0.136. The van der Waals surface area contributed by atoms with Crippen LogP contribution in [-0.4, -0.2) is 22.2 Å². The lowest BCUT2D eigenvalue weighted by atomic mass is 10.3. The van der Waals surface area contributed by atoms with E-state index >= 15 is 0 Å². The topological polar surface area (TPSA) is 74.6 Å². The van der Waals surface area contributed by atoms with Crippen LogP contribution in [0.25, 0.3) is 0 Å². The van der Waals surface area contributed by atoms with Crippen molar-refractivity contribution >= 4 is 23.3 Å². The molecule has 5 heteroatoms. The van der Waals surface area contributed by atoms with Crippen LogP contribution in [0.3, 0.4) is 0 Å². The van der Waals surface area contributed by atoms with E-state index in [1.54, 1.807) is 0 Å². The predicted molar refractivity (Wildman–Crippen MR) is 42.6 cm³/mol. The van der Waals surface area contributed by atoms with Gasteiger partial charge >= 0.3 is 11.9 Å². The second-order valence-electron chi connectivity index (χ2n) is 2.18. The van der Waals surface area contributed by atoms with Crippen molar-refractivity contribution in [1.82, 2.24) is 0 Å². The van der Waals surface area contributed by atoms with Crippen molar-refractivity contribution in [3.05, 3.63) is 21.9 Å². The summed E-state index contributed by atoms with van der Waals surface area (Å²) in [7, 11) is 0. The molecule has 64 valence electrons. The summed E-state index contributed by atoms with van der Waals surface area (Å²) in [5, 5.41) is 18.3. The Bertz CT molecular complexity index is 315. The summed E-state index contributed by atoms with van der Waals surface area (Å²) in [5.74, 6) is -1.98. The molecule has 1 aromatic rings. The maximum absolute atomic E-state index is 10.4. The summed E-state index contributed by atoms with van der Waals surface area (Å²) < 4.78 is 0. The van der Waals surface area contributed by atoms with Crippen molar-refractivity contribution in [1.29, 1.82) is 0 Å². The Labute approximate surface area is 72.1 Å². The molecule has 0 saturated carbocycles. The van der Waals surface area contributed by atoms with Gasteiger partial charge in [-0.3, -0.25) is 4.79 Å². The molecule has 4 nitrogen and oxygen atoms in total. The van der Waals surface area contributed by atoms with E-state index in [-0.39, 0.29) is 12.0 Å². The van der Waals surface area contributed by atoms with Crippen LogP contribution in [0.2, 0.25) is 0 Å². The molecule has 0 aliphatic rings. The van der Waals surface area contributed by atoms with Gasteiger partial charge in [0.15, 0.2) is 0 Å². The largest absolute Gasteiger partial charge is 0.481 e. The predicted octanol–water partition coefficient (Wildman–Crippen LogP) is 1.07. The highest BCUT2D eigenvalue weighted by atomic mass is 32.1. The van der Waals surface area contributed by atoms with Gasteiger partial charge in [0, 0.05) is 10.3 Å². The molecule has 0 aromatic carbocycles. The molecule has 1 rings (SSSR count). The fourth-order valence-corrected chi connectivity index (χ4v) is 1.58. The second kappa shape index (κ2) is 3.36. The average molecular weight is 186 g/mol. The molecular formula is C7H6O4S. The minimum absolute atomic E-state index is 0.113. The van der Waals surface area contributed by atoms with Gasteiger partial charge < -0.3 is 10.2 Å². The van der Waals surface area contributed by atoms with Gasteiger partial charge in [0.2, 0.25) is 0 Å². The van der Waals surface area contributed by atoms with Gasteiger partial charge in [0.05, 0.1) is 12.0 Å². The molecule has 0 amide bonds. The molecule has 0 aliphatic heterocycles. The second-order valence-corrected chi connectivity index (χ2v) is 3.17. The first-order valence-electron chi connectivity index (χ1n) is 3.12. The smallest absolute Gasteiger partial charge is 0.336 e. The number of thiophene rings is 1. The van der Waals surface area contributed by atoms with E-state index in [0.717, 1.165) is 11.3 Å². The molecule has 2 N–H and O–H groups in total. The number of hydrogen-bond acceptors (Lipinski definition) is 3. The van der Waals surface area contributed by atoms with Crippen molar-refractivity contribution < 1.29 is 19.8 Å². The fraction of sp³-hybridized carbons (Fsp3) is 0.143. The van der Waals surface area contributed by atoms with Gasteiger partial charge in [0.25, 0.3) is 0 Å². The highest BCUT2D eigenvalue weighted by Crippen LogP contribution is 2.14. The molecule has 0 atom stereocenters. The van der Waals surface area contributed by atoms with E-state index in [1.807, 2.05) is 0 Å². The van der Waals surface area contributed by atoms with Crippen LogP contribution >= 0.6 is 11.3 Å². The molecule has 0 fully saturated rings. The molecule has 12 heavy (non-hydrogen) atoms. The van der Waals surface area contributed by atoms with E-state index in [9.17, 15) is 9.59 Å². The Morgan fingerprint density at radius 3 is 2.50 bits per heavy atom. The number of carboxylic acid groups (broad SMARTS) is 2. The maximum atomic E-state index is 10.4. The van der Waals surface area contributed by atoms with E-state index in [4.69, 9.17) is 10.2 Å². The van der Waals surface area contributed by atoms with Crippen LogP contribution in [0.5, 0.6) is 0 Å². The number of rotatable bonds is 3. The van der Waals surface area contributed by atoms with Crippen molar-refractivity contribution in [3.63, 3.8) is 0 Å². The summed E-state index contributed by atoms with van der Waals surface area (Å²) >= 11 is 1.14. The molecule has 1 heterocycles. The molecule has 1 aromatic heterocycles. The van der Waals surface area contributed by atoms with Crippen LogP contribution in [0.4, 0.5) is 0 Å². The van der Waals surface area contributed by atoms with E-state index in [0.29, 0.717) is 4.88 Å². The Hall–Kier alpha value is -1.36. The number of aromatic carboxylic acids is 1. The SMILES string of the molecule is O=C(O)Cc1cc(C(=O)O)cs1.